The molecular formula is C13H18N2OS. The zero-order valence-electron chi connectivity index (χ0n) is 10.2. The lowest BCUT2D eigenvalue weighted by molar-refractivity contribution is -0.115. The van der Waals surface area contributed by atoms with Crippen LogP contribution in [0.15, 0.2) is 18.2 Å². The Balaban J connectivity index is 2.95. The number of aryl methyl sites for hydroxylation is 2. The minimum Gasteiger partial charge on any atom is -0.393 e. The summed E-state index contributed by atoms with van der Waals surface area (Å²) in [4.78, 5) is 11.9. The number of nitrogens with one attached hydrogen (secondary N) is 1. The summed E-state index contributed by atoms with van der Waals surface area (Å²) >= 11 is 4.73. The number of hydrogen-bond donors (Lipinski definition) is 2. The van der Waals surface area contributed by atoms with Crippen molar-refractivity contribution < 1.29 is 4.79 Å². The van der Waals surface area contributed by atoms with Crippen molar-refractivity contribution in [2.75, 3.05) is 5.32 Å². The van der Waals surface area contributed by atoms with Crippen LogP contribution in [0.4, 0.5) is 5.69 Å². The number of hydrogen-bond acceptors (Lipinski definition) is 2. The van der Waals surface area contributed by atoms with Crippen molar-refractivity contribution in [1.29, 1.82) is 0 Å². The van der Waals surface area contributed by atoms with Crippen LogP contribution in [0, 0.1) is 0 Å². The van der Waals surface area contributed by atoms with Crippen LogP contribution in [0.5, 0.6) is 0 Å². The normalized spacial score (nSPS) is 10.0. The number of thiocarbonyl (C=S) groups is 1. The molecule has 3 nitrogen and oxygen atoms in total. The predicted octanol–water partition coefficient (Wildman–Crippen LogP) is 2.43. The Morgan fingerprint density at radius 1 is 1.29 bits per heavy atom. The third-order valence-corrected chi connectivity index (χ3v) is 2.74. The summed E-state index contributed by atoms with van der Waals surface area (Å²) in [7, 11) is 0. The number of benzene rings is 1. The number of carbonyl (C=O) groups is 1. The highest BCUT2D eigenvalue weighted by molar-refractivity contribution is 7.80. The van der Waals surface area contributed by atoms with Crippen molar-refractivity contribution >= 4 is 28.8 Å². The molecule has 1 aromatic carbocycles. The average molecular weight is 250 g/mol. The Morgan fingerprint density at radius 2 is 1.82 bits per heavy atom. The third kappa shape index (κ3) is 3.82. The summed E-state index contributed by atoms with van der Waals surface area (Å²) in [6.07, 6.45) is 1.86. The van der Waals surface area contributed by atoms with Crippen molar-refractivity contribution in [1.82, 2.24) is 0 Å². The Morgan fingerprint density at radius 3 is 2.24 bits per heavy atom. The minimum absolute atomic E-state index is 0.0938. The van der Waals surface area contributed by atoms with Gasteiger partial charge in [0.2, 0.25) is 5.91 Å². The molecule has 0 heterocycles. The zero-order chi connectivity index (χ0) is 12.8. The molecule has 3 N–H and O–H groups in total. The van der Waals surface area contributed by atoms with E-state index in [1.54, 1.807) is 0 Å². The lowest BCUT2D eigenvalue weighted by atomic mass is 10.0. The molecule has 0 atom stereocenters. The molecule has 0 radical (unpaired) electrons. The Kier molecular flexibility index (Phi) is 5.10. The molecule has 0 unspecified atom stereocenters. The first-order chi connectivity index (χ1) is 8.08. The summed E-state index contributed by atoms with van der Waals surface area (Å²) in [6.45, 7) is 4.13. The summed E-state index contributed by atoms with van der Waals surface area (Å²) in [5.41, 5.74) is 8.55. The number of para-hydroxylation sites is 1. The first-order valence-electron chi connectivity index (χ1n) is 5.77. The first kappa shape index (κ1) is 13.6. The fourth-order valence-corrected chi connectivity index (χ4v) is 1.88. The van der Waals surface area contributed by atoms with E-state index in [-0.39, 0.29) is 17.3 Å². The summed E-state index contributed by atoms with van der Waals surface area (Å²) in [5.74, 6) is -0.145. The van der Waals surface area contributed by atoms with Crippen molar-refractivity contribution in [3.8, 4) is 0 Å². The highest BCUT2D eigenvalue weighted by Crippen LogP contribution is 2.22. The molecule has 92 valence electrons. The zero-order valence-corrected chi connectivity index (χ0v) is 11.1. The van der Waals surface area contributed by atoms with Crippen LogP contribution in [-0.4, -0.2) is 10.9 Å². The number of rotatable bonds is 5. The third-order valence-electron chi connectivity index (χ3n) is 2.60. The monoisotopic (exact) mass is 250 g/mol. The van der Waals surface area contributed by atoms with Gasteiger partial charge in [0, 0.05) is 5.69 Å². The molecule has 17 heavy (non-hydrogen) atoms. The maximum absolute atomic E-state index is 11.7. The topological polar surface area (TPSA) is 55.1 Å². The molecular weight excluding hydrogens is 232 g/mol. The average Bonchev–Trinajstić information content (AvgIpc) is 2.28. The van der Waals surface area contributed by atoms with Crippen LogP contribution in [0.2, 0.25) is 0 Å². The number of nitrogens with two attached hydrogens (primary N) is 1. The quantitative estimate of drug-likeness (QED) is 0.789. The Labute approximate surface area is 107 Å². The molecule has 1 aromatic rings. The molecule has 1 amide bonds. The van der Waals surface area contributed by atoms with Gasteiger partial charge in [-0.3, -0.25) is 4.79 Å². The van der Waals surface area contributed by atoms with Crippen LogP contribution in [0.3, 0.4) is 0 Å². The fraction of sp³-hybridized carbons (Fsp3) is 0.385. The van der Waals surface area contributed by atoms with Gasteiger partial charge in [-0.25, -0.2) is 0 Å². The number of carbonyl (C=O) groups excluding carboxylic acids is 1. The molecule has 0 aliphatic heterocycles. The van der Waals surface area contributed by atoms with Gasteiger partial charge in [0.15, 0.2) is 0 Å². The van der Waals surface area contributed by atoms with E-state index in [2.05, 4.69) is 19.2 Å². The van der Waals surface area contributed by atoms with E-state index in [0.29, 0.717) is 0 Å². The highest BCUT2D eigenvalue weighted by atomic mass is 32.1. The second-order valence-corrected chi connectivity index (χ2v) is 4.37. The Hall–Kier alpha value is -1.42. The summed E-state index contributed by atoms with van der Waals surface area (Å²) < 4.78 is 0. The van der Waals surface area contributed by atoms with E-state index in [9.17, 15) is 4.79 Å². The molecule has 4 heteroatoms. The van der Waals surface area contributed by atoms with Gasteiger partial charge in [-0.1, -0.05) is 44.3 Å². The maximum Gasteiger partial charge on any atom is 0.231 e. The molecule has 0 aliphatic carbocycles. The van der Waals surface area contributed by atoms with Crippen LogP contribution < -0.4 is 11.1 Å². The van der Waals surface area contributed by atoms with E-state index in [1.165, 1.54) is 0 Å². The van der Waals surface area contributed by atoms with E-state index in [0.717, 1.165) is 29.7 Å². The van der Waals surface area contributed by atoms with Crippen molar-refractivity contribution in [3.05, 3.63) is 29.3 Å². The molecule has 0 saturated heterocycles. The van der Waals surface area contributed by atoms with Gasteiger partial charge < -0.3 is 11.1 Å². The largest absolute Gasteiger partial charge is 0.393 e. The molecule has 0 spiro atoms. The van der Waals surface area contributed by atoms with Gasteiger partial charge in [-0.05, 0) is 24.0 Å². The fourth-order valence-electron chi connectivity index (χ4n) is 1.74. The second-order valence-electron chi connectivity index (χ2n) is 3.85. The van der Waals surface area contributed by atoms with Crippen molar-refractivity contribution in [2.45, 2.75) is 33.1 Å². The SMILES string of the molecule is CCc1cccc(CC)c1NC(=O)CC(N)=S. The van der Waals surface area contributed by atoms with Crippen LogP contribution in [0.1, 0.15) is 31.4 Å². The van der Waals surface area contributed by atoms with E-state index in [1.807, 2.05) is 18.2 Å². The maximum atomic E-state index is 11.7. The van der Waals surface area contributed by atoms with Gasteiger partial charge in [0.1, 0.15) is 0 Å². The lowest BCUT2D eigenvalue weighted by Crippen LogP contribution is -2.21. The first-order valence-corrected chi connectivity index (χ1v) is 6.18. The van der Waals surface area contributed by atoms with E-state index < -0.39 is 0 Å². The lowest BCUT2D eigenvalue weighted by Gasteiger charge is -2.14. The molecule has 0 fully saturated rings. The summed E-state index contributed by atoms with van der Waals surface area (Å²) in [6, 6.07) is 6.06. The smallest absolute Gasteiger partial charge is 0.231 e. The van der Waals surface area contributed by atoms with Gasteiger partial charge in [-0.2, -0.15) is 0 Å². The molecule has 0 bridgehead atoms. The van der Waals surface area contributed by atoms with Crippen molar-refractivity contribution in [3.63, 3.8) is 0 Å². The second kappa shape index (κ2) is 6.35. The Bertz CT molecular complexity index is 407. The van der Waals surface area contributed by atoms with Crippen LogP contribution in [-0.2, 0) is 17.6 Å². The van der Waals surface area contributed by atoms with Gasteiger partial charge in [0.05, 0.1) is 11.4 Å². The van der Waals surface area contributed by atoms with Gasteiger partial charge in [0.25, 0.3) is 0 Å². The van der Waals surface area contributed by atoms with E-state index in [4.69, 9.17) is 18.0 Å². The standard InChI is InChI=1S/C13H18N2OS/c1-3-9-6-5-7-10(4-2)13(9)15-12(16)8-11(14)17/h5-7H,3-4,8H2,1-2H3,(H2,14,17)(H,15,16). The molecule has 1 rings (SSSR count). The van der Waals surface area contributed by atoms with E-state index >= 15 is 0 Å². The summed E-state index contributed by atoms with van der Waals surface area (Å²) in [5, 5.41) is 2.91. The molecule has 0 saturated carbocycles. The van der Waals surface area contributed by atoms with Crippen molar-refractivity contribution in [2.24, 2.45) is 5.73 Å². The number of anilines is 1. The highest BCUT2D eigenvalue weighted by Gasteiger charge is 2.10. The number of amides is 1. The predicted molar refractivity (Wildman–Crippen MR) is 75.2 cm³/mol. The van der Waals surface area contributed by atoms with Gasteiger partial charge >= 0.3 is 0 Å². The van der Waals surface area contributed by atoms with Crippen LogP contribution >= 0.6 is 12.2 Å². The molecule has 0 aromatic heterocycles. The van der Waals surface area contributed by atoms with Crippen LogP contribution in [0.25, 0.3) is 0 Å². The minimum atomic E-state index is -0.145. The van der Waals surface area contributed by atoms with Gasteiger partial charge in [-0.15, -0.1) is 0 Å². The molecule has 0 aliphatic rings.